The van der Waals surface area contributed by atoms with Crippen LogP contribution in [-0.4, -0.2) is 24.0 Å². The van der Waals surface area contributed by atoms with Crippen LogP contribution in [0.4, 0.5) is 0 Å². The summed E-state index contributed by atoms with van der Waals surface area (Å²) in [4.78, 5) is 14.3. The fourth-order valence-electron chi connectivity index (χ4n) is 2.61. The fraction of sp³-hybridized carbons (Fsp3) is 0.300. The predicted octanol–water partition coefficient (Wildman–Crippen LogP) is 4.59. The molecule has 0 N–H and O–H groups in total. The van der Waals surface area contributed by atoms with Gasteiger partial charge in [0.25, 0.3) is 0 Å². The van der Waals surface area contributed by atoms with E-state index in [4.69, 9.17) is 21.6 Å². The van der Waals surface area contributed by atoms with Crippen LogP contribution in [0, 0.1) is 11.3 Å². The number of rotatable bonds is 7. The van der Waals surface area contributed by atoms with Crippen molar-refractivity contribution in [2.75, 3.05) is 13.2 Å². The van der Waals surface area contributed by atoms with Crippen molar-refractivity contribution in [1.29, 1.82) is 5.26 Å². The Hall–Kier alpha value is -2.51. The van der Waals surface area contributed by atoms with Crippen molar-refractivity contribution in [2.45, 2.75) is 26.3 Å². The summed E-state index contributed by atoms with van der Waals surface area (Å²) in [5.41, 5.74) is 1.62. The van der Waals surface area contributed by atoms with Gasteiger partial charge in [-0.25, -0.2) is 0 Å². The monoisotopic (exact) mass is 356 g/mol. The van der Waals surface area contributed by atoms with Crippen LogP contribution in [0.2, 0.25) is 5.02 Å². The highest BCUT2D eigenvalue weighted by atomic mass is 35.5. The Morgan fingerprint density at radius 2 is 1.84 bits per heavy atom. The fourth-order valence-corrected chi connectivity index (χ4v) is 2.74. The molecule has 0 spiro atoms. The van der Waals surface area contributed by atoms with Crippen molar-refractivity contribution in [3.63, 3.8) is 0 Å². The van der Waals surface area contributed by atoms with Crippen LogP contribution in [0.15, 0.2) is 48.5 Å². The summed E-state index contributed by atoms with van der Waals surface area (Å²) in [6, 6.07) is 16.4. The van der Waals surface area contributed by atoms with Gasteiger partial charge in [0.15, 0.2) is 0 Å². The van der Waals surface area contributed by atoms with Crippen molar-refractivity contribution in [2.24, 2.45) is 0 Å². The highest BCUT2D eigenvalue weighted by molar-refractivity contribution is 6.30. The first kappa shape index (κ1) is 18.8. The van der Waals surface area contributed by atoms with Crippen molar-refractivity contribution in [3.8, 4) is 11.8 Å². The first-order valence-electron chi connectivity index (χ1n) is 8.23. The summed E-state index contributed by atoms with van der Waals surface area (Å²) in [5, 5.41) is 9.53. The molecule has 0 aliphatic carbocycles. The molecule has 0 fully saturated rings. The molecule has 1 amide bonds. The number of carbonyl (C=O) groups excluding carboxylic acids is 1. The van der Waals surface area contributed by atoms with E-state index in [0.717, 1.165) is 5.56 Å². The SMILES string of the molecule is CCN(C(=O)CCOc1ccc(Cl)cc1)C(C)c1ccc(C#N)cc1. The van der Waals surface area contributed by atoms with Crippen LogP contribution < -0.4 is 4.74 Å². The minimum Gasteiger partial charge on any atom is -0.493 e. The molecule has 0 heterocycles. The molecule has 4 nitrogen and oxygen atoms in total. The van der Waals surface area contributed by atoms with E-state index in [-0.39, 0.29) is 11.9 Å². The normalized spacial score (nSPS) is 11.4. The van der Waals surface area contributed by atoms with Crippen molar-refractivity contribution < 1.29 is 9.53 Å². The second kappa shape index (κ2) is 9.10. The predicted molar refractivity (Wildman–Crippen MR) is 98.5 cm³/mol. The molecule has 130 valence electrons. The average molecular weight is 357 g/mol. The van der Waals surface area contributed by atoms with E-state index >= 15 is 0 Å². The molecule has 2 aromatic carbocycles. The maximum absolute atomic E-state index is 12.5. The number of hydrogen-bond acceptors (Lipinski definition) is 3. The molecule has 1 unspecified atom stereocenters. The Labute approximate surface area is 153 Å². The summed E-state index contributed by atoms with van der Waals surface area (Å²) >= 11 is 5.83. The smallest absolute Gasteiger partial charge is 0.226 e. The number of nitriles is 1. The van der Waals surface area contributed by atoms with Crippen LogP contribution in [0.5, 0.6) is 5.75 Å². The van der Waals surface area contributed by atoms with Crippen LogP contribution in [-0.2, 0) is 4.79 Å². The number of carbonyl (C=O) groups is 1. The van der Waals surface area contributed by atoms with E-state index in [1.165, 1.54) is 0 Å². The van der Waals surface area contributed by atoms with Crippen molar-refractivity contribution >= 4 is 17.5 Å². The van der Waals surface area contributed by atoms with Gasteiger partial charge < -0.3 is 9.64 Å². The molecule has 0 aliphatic rings. The van der Waals surface area contributed by atoms with Gasteiger partial charge in [0, 0.05) is 11.6 Å². The highest BCUT2D eigenvalue weighted by Crippen LogP contribution is 2.21. The van der Waals surface area contributed by atoms with Gasteiger partial charge in [0.2, 0.25) is 5.91 Å². The highest BCUT2D eigenvalue weighted by Gasteiger charge is 2.19. The number of nitrogens with zero attached hydrogens (tertiary/aromatic N) is 2. The van der Waals surface area contributed by atoms with Gasteiger partial charge in [0.05, 0.1) is 30.7 Å². The van der Waals surface area contributed by atoms with E-state index in [0.29, 0.717) is 35.9 Å². The van der Waals surface area contributed by atoms with Gasteiger partial charge in [-0.1, -0.05) is 23.7 Å². The zero-order chi connectivity index (χ0) is 18.2. The molecule has 2 aromatic rings. The molecule has 0 saturated carbocycles. The molecule has 1 atom stereocenters. The minimum absolute atomic E-state index is 0.0355. The Morgan fingerprint density at radius 1 is 1.20 bits per heavy atom. The third-order valence-electron chi connectivity index (χ3n) is 4.05. The van der Waals surface area contributed by atoms with Gasteiger partial charge >= 0.3 is 0 Å². The topological polar surface area (TPSA) is 53.3 Å². The summed E-state index contributed by atoms with van der Waals surface area (Å²) < 4.78 is 5.60. The molecule has 0 bridgehead atoms. The quantitative estimate of drug-likeness (QED) is 0.729. The van der Waals surface area contributed by atoms with E-state index in [1.807, 2.05) is 30.9 Å². The molecule has 25 heavy (non-hydrogen) atoms. The summed E-state index contributed by atoms with van der Waals surface area (Å²) in [6.07, 6.45) is 0.303. The average Bonchev–Trinajstić information content (AvgIpc) is 2.64. The lowest BCUT2D eigenvalue weighted by atomic mass is 10.0. The first-order valence-corrected chi connectivity index (χ1v) is 8.60. The summed E-state index contributed by atoms with van der Waals surface area (Å²) in [6.45, 7) is 4.87. The van der Waals surface area contributed by atoms with Crippen molar-refractivity contribution in [1.82, 2.24) is 4.90 Å². The van der Waals surface area contributed by atoms with Crippen LogP contribution in [0.1, 0.15) is 37.4 Å². The number of hydrogen-bond donors (Lipinski definition) is 0. The molecule has 0 saturated heterocycles. The molecule has 2 rings (SSSR count). The lowest BCUT2D eigenvalue weighted by molar-refractivity contribution is -0.133. The van der Waals surface area contributed by atoms with E-state index in [1.54, 1.807) is 36.4 Å². The van der Waals surface area contributed by atoms with Gasteiger partial charge in [-0.2, -0.15) is 5.26 Å². The number of halogens is 1. The zero-order valence-electron chi connectivity index (χ0n) is 14.4. The largest absolute Gasteiger partial charge is 0.493 e. The Morgan fingerprint density at radius 3 is 2.40 bits per heavy atom. The van der Waals surface area contributed by atoms with E-state index < -0.39 is 0 Å². The zero-order valence-corrected chi connectivity index (χ0v) is 15.2. The van der Waals surface area contributed by atoms with Crippen LogP contribution >= 0.6 is 11.6 Å². The maximum atomic E-state index is 12.5. The molecule has 0 aromatic heterocycles. The Kier molecular flexibility index (Phi) is 6.85. The van der Waals surface area contributed by atoms with Gasteiger partial charge in [-0.3, -0.25) is 4.79 Å². The third-order valence-corrected chi connectivity index (χ3v) is 4.30. The van der Waals surface area contributed by atoms with Gasteiger partial charge in [-0.15, -0.1) is 0 Å². The molecular weight excluding hydrogens is 336 g/mol. The summed E-state index contributed by atoms with van der Waals surface area (Å²) in [7, 11) is 0. The molecule has 0 aliphatic heterocycles. The molecule has 0 radical (unpaired) electrons. The standard InChI is InChI=1S/C20H21ClN2O2/c1-3-23(15(2)17-6-4-16(14-22)5-7-17)20(24)12-13-25-19-10-8-18(21)9-11-19/h4-11,15H,3,12-13H2,1-2H3. The Balaban J connectivity index is 1.92. The maximum Gasteiger partial charge on any atom is 0.226 e. The Bertz CT molecular complexity index is 736. The van der Waals surface area contributed by atoms with Crippen molar-refractivity contribution in [3.05, 3.63) is 64.7 Å². The second-order valence-electron chi connectivity index (χ2n) is 5.64. The first-order chi connectivity index (χ1) is 12.0. The number of amides is 1. The lowest BCUT2D eigenvalue weighted by Crippen LogP contribution is -2.34. The summed E-state index contributed by atoms with van der Waals surface area (Å²) in [5.74, 6) is 0.730. The van der Waals surface area contributed by atoms with Gasteiger partial charge in [-0.05, 0) is 55.8 Å². The van der Waals surface area contributed by atoms with Crippen LogP contribution in [0.3, 0.4) is 0 Å². The molecule has 5 heteroatoms. The van der Waals surface area contributed by atoms with E-state index in [2.05, 4.69) is 6.07 Å². The van der Waals surface area contributed by atoms with Crippen LogP contribution in [0.25, 0.3) is 0 Å². The lowest BCUT2D eigenvalue weighted by Gasteiger charge is -2.28. The van der Waals surface area contributed by atoms with E-state index in [9.17, 15) is 4.79 Å². The third kappa shape index (κ3) is 5.23. The number of benzene rings is 2. The second-order valence-corrected chi connectivity index (χ2v) is 6.08. The minimum atomic E-state index is -0.0548. The van der Waals surface area contributed by atoms with Gasteiger partial charge in [0.1, 0.15) is 5.75 Å². The molecular formula is C20H21ClN2O2. The number of ether oxygens (including phenoxy) is 1.